The van der Waals surface area contributed by atoms with E-state index in [2.05, 4.69) is 9.97 Å². The van der Waals surface area contributed by atoms with Gasteiger partial charge in [-0.15, -0.1) is 0 Å². The molecule has 0 aliphatic heterocycles. The van der Waals surface area contributed by atoms with Crippen molar-refractivity contribution in [2.75, 3.05) is 0 Å². The fourth-order valence-electron chi connectivity index (χ4n) is 0.386. The van der Waals surface area contributed by atoms with Gasteiger partial charge >= 0.3 is 0 Å². The Bertz CT molecular complexity index is 281. The maximum absolute atomic E-state index is 8.85. The van der Waals surface area contributed by atoms with E-state index in [1.165, 1.54) is 0 Å². The minimum atomic E-state index is -2.65. The van der Waals surface area contributed by atoms with Crippen LogP contribution >= 0.6 is 0 Å². The average Bonchev–Trinajstić information content (AvgIpc) is 2.01. The quantitative estimate of drug-likeness (QED) is 0.592. The van der Waals surface area contributed by atoms with Crippen LogP contribution in [0.15, 0.2) is 12.4 Å². The maximum atomic E-state index is 8.85. The maximum Gasteiger partial charge on any atom is 0.153 e. The minimum absolute atomic E-state index is 0.0921. The van der Waals surface area contributed by atoms with E-state index in [0.717, 1.165) is 12.4 Å². The Morgan fingerprint density at radius 2 is 2.44 bits per heavy atom. The number of hydrogen-bond acceptors (Lipinski definition) is 3. The average molecular weight is 129 g/mol. The highest BCUT2D eigenvalue weighted by Gasteiger charge is 1.89. The first-order valence-corrected chi connectivity index (χ1v) is 2.26. The second kappa shape index (κ2) is 2.55. The number of aromatic nitrogens is 2. The third kappa shape index (κ3) is 1.47. The van der Waals surface area contributed by atoms with Gasteiger partial charge in [-0.3, -0.25) is 0 Å². The molecule has 0 atom stereocenters. The molecule has 1 heterocycles. The third-order valence-electron chi connectivity index (χ3n) is 0.752. The molecule has 0 aliphatic carbocycles. The number of hydrogen-bond donors (Lipinski definition) is 1. The van der Waals surface area contributed by atoms with Gasteiger partial charge < -0.3 is 5.11 Å². The number of aryl methyl sites for hydroxylation is 1. The van der Waals surface area contributed by atoms with Gasteiger partial charge in [-0.05, 0) is 12.4 Å². The van der Waals surface area contributed by atoms with E-state index in [-0.39, 0.29) is 5.56 Å². The molecular weight excluding hydrogens is 116 g/mol. The van der Waals surface area contributed by atoms with Crippen LogP contribution in [-0.2, 0) is 6.56 Å². The van der Waals surface area contributed by atoms with Crippen molar-refractivity contribution in [2.24, 2.45) is 0 Å². The van der Waals surface area contributed by atoms with Gasteiger partial charge in [0.2, 0.25) is 0 Å². The van der Waals surface area contributed by atoms with E-state index in [1.807, 2.05) is 0 Å². The van der Waals surface area contributed by atoms with Crippen LogP contribution in [-0.4, -0.2) is 15.1 Å². The molecule has 0 saturated carbocycles. The summed E-state index contributed by atoms with van der Waals surface area (Å²) in [7, 11) is 0. The normalized spacial score (nSPS) is 20.8. The molecule has 0 spiro atoms. The lowest BCUT2D eigenvalue weighted by Gasteiger charge is -1.92. The molecule has 1 aromatic rings. The predicted octanol–water partition coefficient (Wildman–Crippen LogP) is 0.277. The molecule has 3 heteroatoms. The SMILES string of the molecule is [2H]C([2H])([2H])c1cnc(C([2H])([2H])O)nc1. The molecule has 1 rings (SSSR count). The smallest absolute Gasteiger partial charge is 0.153 e. The summed E-state index contributed by atoms with van der Waals surface area (Å²) in [5.41, 5.74) is -0.0921. The fraction of sp³-hybridized carbons (Fsp3) is 0.333. The zero-order chi connectivity index (χ0) is 11.0. The molecule has 0 radical (unpaired) electrons. The van der Waals surface area contributed by atoms with E-state index < -0.39 is 19.2 Å². The monoisotopic (exact) mass is 129 g/mol. The van der Waals surface area contributed by atoms with Crippen molar-refractivity contribution in [1.29, 1.82) is 0 Å². The Hall–Kier alpha value is -0.960. The van der Waals surface area contributed by atoms with E-state index in [0.29, 0.717) is 0 Å². The van der Waals surface area contributed by atoms with Gasteiger partial charge in [0.1, 0.15) is 6.56 Å². The lowest BCUT2D eigenvalue weighted by Crippen LogP contribution is -1.92. The lowest BCUT2D eigenvalue weighted by molar-refractivity contribution is 0.271. The zero-order valence-electron chi connectivity index (χ0n) is 9.50. The Balaban J connectivity index is 3.02. The standard InChI is InChI=1S/C6H8N2O/c1-5-2-7-6(4-9)8-3-5/h2-3,9H,4H2,1H3/i1D3,4D2. The summed E-state index contributed by atoms with van der Waals surface area (Å²) in [6.07, 6.45) is 1.95. The molecule has 0 aromatic carbocycles. The highest BCUT2D eigenvalue weighted by atomic mass is 16.3. The van der Waals surface area contributed by atoms with E-state index >= 15 is 0 Å². The predicted molar refractivity (Wildman–Crippen MR) is 32.7 cm³/mol. The summed E-state index contributed by atoms with van der Waals surface area (Å²) in [5, 5.41) is 8.85. The topological polar surface area (TPSA) is 46.0 Å². The Morgan fingerprint density at radius 3 is 2.89 bits per heavy atom. The Morgan fingerprint density at radius 1 is 1.78 bits per heavy atom. The van der Waals surface area contributed by atoms with Gasteiger partial charge in [0, 0.05) is 16.5 Å². The molecule has 1 N–H and O–H groups in total. The summed E-state index contributed by atoms with van der Waals surface area (Å²) in [4.78, 5) is 6.84. The summed E-state index contributed by atoms with van der Waals surface area (Å²) in [6, 6.07) is 0. The minimum Gasteiger partial charge on any atom is -0.388 e. The van der Waals surface area contributed by atoms with Crippen molar-refractivity contribution >= 4 is 0 Å². The molecule has 48 valence electrons. The lowest BCUT2D eigenvalue weighted by atomic mass is 10.4. The Kier molecular flexibility index (Phi) is 0.663. The van der Waals surface area contributed by atoms with Crippen molar-refractivity contribution in [3.63, 3.8) is 0 Å². The van der Waals surface area contributed by atoms with Crippen LogP contribution < -0.4 is 0 Å². The first kappa shape index (κ1) is 2.34. The summed E-state index contributed by atoms with van der Waals surface area (Å²) in [6.45, 7) is -4.96. The van der Waals surface area contributed by atoms with Crippen molar-refractivity contribution in [1.82, 2.24) is 9.97 Å². The summed E-state index contributed by atoms with van der Waals surface area (Å²) in [5.74, 6) is -0.453. The second-order valence-corrected chi connectivity index (χ2v) is 1.41. The molecule has 0 fully saturated rings. The van der Waals surface area contributed by atoms with Gasteiger partial charge in [0.05, 0.1) is 2.74 Å². The van der Waals surface area contributed by atoms with Crippen LogP contribution in [0.25, 0.3) is 0 Å². The van der Waals surface area contributed by atoms with Gasteiger partial charge in [-0.1, -0.05) is 0 Å². The molecule has 0 unspecified atom stereocenters. The highest BCUT2D eigenvalue weighted by Crippen LogP contribution is 1.91. The van der Waals surface area contributed by atoms with Crippen LogP contribution in [0, 0.1) is 6.85 Å². The van der Waals surface area contributed by atoms with Crippen LogP contribution in [0.5, 0.6) is 0 Å². The molecule has 0 aliphatic rings. The van der Waals surface area contributed by atoms with E-state index in [1.54, 1.807) is 0 Å². The third-order valence-corrected chi connectivity index (χ3v) is 0.752. The van der Waals surface area contributed by atoms with Crippen LogP contribution in [0.3, 0.4) is 0 Å². The zero-order valence-corrected chi connectivity index (χ0v) is 4.50. The van der Waals surface area contributed by atoms with Crippen molar-refractivity contribution in [2.45, 2.75) is 13.4 Å². The molecule has 1 aromatic heterocycles. The van der Waals surface area contributed by atoms with Crippen molar-refractivity contribution < 1.29 is 12.0 Å². The van der Waals surface area contributed by atoms with Gasteiger partial charge in [-0.2, -0.15) is 0 Å². The van der Waals surface area contributed by atoms with Gasteiger partial charge in [0.15, 0.2) is 5.82 Å². The molecule has 0 amide bonds. The van der Waals surface area contributed by atoms with Gasteiger partial charge in [-0.25, -0.2) is 9.97 Å². The second-order valence-electron chi connectivity index (χ2n) is 1.41. The van der Waals surface area contributed by atoms with E-state index in [4.69, 9.17) is 12.0 Å². The fourth-order valence-corrected chi connectivity index (χ4v) is 0.386. The first-order valence-electron chi connectivity index (χ1n) is 4.76. The van der Waals surface area contributed by atoms with E-state index in [9.17, 15) is 0 Å². The first-order chi connectivity index (χ1) is 6.21. The summed E-state index contributed by atoms with van der Waals surface area (Å²) < 4.78 is 34.7. The largest absolute Gasteiger partial charge is 0.388 e. The number of nitrogens with zero attached hydrogens (tertiary/aromatic N) is 2. The van der Waals surface area contributed by atoms with Crippen LogP contribution in [0.1, 0.15) is 18.2 Å². The van der Waals surface area contributed by atoms with Crippen molar-refractivity contribution in [3.8, 4) is 0 Å². The van der Waals surface area contributed by atoms with Crippen LogP contribution in [0.2, 0.25) is 0 Å². The number of aliphatic hydroxyl groups is 1. The Labute approximate surface area is 60.4 Å². The number of rotatable bonds is 1. The molecular formula is C6H8N2O. The molecule has 3 nitrogen and oxygen atoms in total. The molecule has 0 saturated heterocycles. The van der Waals surface area contributed by atoms with Crippen molar-refractivity contribution in [3.05, 3.63) is 23.8 Å². The molecule has 9 heavy (non-hydrogen) atoms. The van der Waals surface area contributed by atoms with Crippen LogP contribution in [0.4, 0.5) is 0 Å². The molecule has 0 bridgehead atoms. The van der Waals surface area contributed by atoms with Gasteiger partial charge in [0.25, 0.3) is 0 Å². The summed E-state index contributed by atoms with van der Waals surface area (Å²) >= 11 is 0. The highest BCUT2D eigenvalue weighted by molar-refractivity contribution is 5.00.